The van der Waals surface area contributed by atoms with Crippen LogP contribution >= 0.6 is 45.9 Å². The highest BCUT2D eigenvalue weighted by atomic mass is 35.5. The second-order valence-electron chi connectivity index (χ2n) is 18.6. The third-order valence-corrected chi connectivity index (χ3v) is 20.2. The fourth-order valence-electron chi connectivity index (χ4n) is 9.99. The van der Waals surface area contributed by atoms with E-state index in [9.17, 15) is 40.8 Å². The molecule has 2 fully saturated rings. The van der Waals surface area contributed by atoms with Crippen LogP contribution in [0.1, 0.15) is 109 Å². The number of pyridine rings is 2. The van der Waals surface area contributed by atoms with Gasteiger partial charge in [0.2, 0.25) is 23.6 Å². The SMILES string of the molecule is CCCCc1cc(-c2c(Cl)c(CN3C(=O)CCC3=O)nc3sc4c(c23)CCS(=O)(=O)C4)ccc1OC(=O)Oc1ccc(-c2c(Cl)c(CN3C(=O)CCC3=O)nc3sc4c(c23)CCS(=O)(=O)C4)cc1CCCC. The Kier molecular flexibility index (Phi) is 13.8. The second-order valence-corrected chi connectivity index (χ2v) is 25.9. The molecule has 4 amide bonds. The number of hydrogen-bond acceptors (Lipinski definition) is 15. The van der Waals surface area contributed by atoms with Crippen LogP contribution < -0.4 is 9.47 Å². The number of rotatable bonds is 14. The number of hydrogen-bond donors (Lipinski definition) is 0. The molecular formula is C51H48Cl2N4O11S4. The largest absolute Gasteiger partial charge is 0.519 e. The minimum Gasteiger partial charge on any atom is -0.394 e. The predicted molar refractivity (Wildman–Crippen MR) is 276 cm³/mol. The fourth-order valence-corrected chi connectivity index (χ4v) is 16.7. The van der Waals surface area contributed by atoms with Gasteiger partial charge in [-0.2, -0.15) is 0 Å². The molecule has 6 aromatic rings. The molecular weight excluding hydrogens is 1040 g/mol. The lowest BCUT2D eigenvalue weighted by atomic mass is 9.95. The zero-order chi connectivity index (χ0) is 50.8. The van der Waals surface area contributed by atoms with Crippen molar-refractivity contribution in [3.63, 3.8) is 0 Å². The first-order valence-electron chi connectivity index (χ1n) is 23.9. The first-order valence-corrected chi connectivity index (χ1v) is 29.9. The summed E-state index contributed by atoms with van der Waals surface area (Å²) in [6, 6.07) is 10.7. The Bertz CT molecular complexity index is 3290. The Hall–Kier alpha value is -5.31. The van der Waals surface area contributed by atoms with Crippen molar-refractivity contribution in [3.05, 3.63) is 89.8 Å². The van der Waals surface area contributed by atoms with Crippen LogP contribution in [0.5, 0.6) is 11.5 Å². The van der Waals surface area contributed by atoms with Gasteiger partial charge in [0.15, 0.2) is 19.7 Å². The van der Waals surface area contributed by atoms with E-state index >= 15 is 0 Å². The molecule has 0 radical (unpaired) electrons. The average Bonchev–Trinajstić information content (AvgIpc) is 4.06. The van der Waals surface area contributed by atoms with Crippen LogP contribution in [0.15, 0.2) is 36.4 Å². The highest BCUT2D eigenvalue weighted by molar-refractivity contribution is 7.91. The molecule has 0 unspecified atom stereocenters. The number of benzene rings is 2. The highest BCUT2D eigenvalue weighted by Gasteiger charge is 2.35. The molecule has 0 saturated carbocycles. The average molecular weight is 1090 g/mol. The minimum atomic E-state index is -3.33. The fraction of sp³-hybridized carbons (Fsp3) is 0.392. The molecule has 2 aromatic carbocycles. The summed E-state index contributed by atoms with van der Waals surface area (Å²) >= 11 is 17.1. The molecule has 21 heteroatoms. The molecule has 4 aliphatic heterocycles. The molecule has 376 valence electrons. The Morgan fingerprint density at radius 1 is 0.611 bits per heavy atom. The van der Waals surface area contributed by atoms with E-state index in [0.717, 1.165) is 46.6 Å². The van der Waals surface area contributed by atoms with E-state index in [1.54, 1.807) is 24.3 Å². The normalized spacial score (nSPS) is 17.3. The molecule has 0 bridgehead atoms. The van der Waals surface area contributed by atoms with Gasteiger partial charge in [-0.25, -0.2) is 31.6 Å². The van der Waals surface area contributed by atoms with Crippen LogP contribution in [-0.2, 0) is 89.1 Å². The Labute approximate surface area is 433 Å². The van der Waals surface area contributed by atoms with Gasteiger partial charge in [-0.3, -0.25) is 29.0 Å². The van der Waals surface area contributed by atoms with Crippen molar-refractivity contribution in [2.24, 2.45) is 0 Å². The topological polar surface area (TPSA) is 204 Å². The van der Waals surface area contributed by atoms with Gasteiger partial charge in [0, 0.05) is 57.3 Å². The number of aryl methyl sites for hydroxylation is 4. The van der Waals surface area contributed by atoms with E-state index in [1.807, 2.05) is 26.0 Å². The maximum atomic E-state index is 14.0. The quantitative estimate of drug-likeness (QED) is 0.0567. The molecule has 4 aromatic heterocycles. The van der Waals surface area contributed by atoms with Crippen LogP contribution in [-0.4, -0.2) is 77.9 Å². The van der Waals surface area contributed by atoms with Crippen molar-refractivity contribution in [2.45, 2.75) is 115 Å². The number of aromatic nitrogens is 2. The van der Waals surface area contributed by atoms with Crippen LogP contribution in [0.2, 0.25) is 10.0 Å². The molecule has 0 N–H and O–H groups in total. The van der Waals surface area contributed by atoms with Crippen molar-refractivity contribution < 1.29 is 50.3 Å². The summed E-state index contributed by atoms with van der Waals surface area (Å²) in [5.41, 5.74) is 6.16. The summed E-state index contributed by atoms with van der Waals surface area (Å²) in [6.07, 6.45) is 4.12. The summed E-state index contributed by atoms with van der Waals surface area (Å²) in [6.45, 7) is 3.81. The number of carbonyl (C=O) groups excluding carboxylic acids is 5. The van der Waals surface area contributed by atoms with Gasteiger partial charge < -0.3 is 9.47 Å². The van der Waals surface area contributed by atoms with E-state index in [2.05, 4.69) is 0 Å². The number of imide groups is 2. The number of halogens is 2. The molecule has 2 saturated heterocycles. The van der Waals surface area contributed by atoms with Gasteiger partial charge in [-0.15, -0.1) is 22.7 Å². The predicted octanol–water partition coefficient (Wildman–Crippen LogP) is 10.0. The Morgan fingerprint density at radius 2 is 1.00 bits per heavy atom. The van der Waals surface area contributed by atoms with Gasteiger partial charge in [0.25, 0.3) is 0 Å². The van der Waals surface area contributed by atoms with Crippen molar-refractivity contribution in [1.29, 1.82) is 0 Å². The minimum absolute atomic E-state index is 0.0287. The zero-order valence-electron chi connectivity index (χ0n) is 39.4. The first-order chi connectivity index (χ1) is 34.4. The summed E-state index contributed by atoms with van der Waals surface area (Å²) in [5.74, 6) is -1.08. The summed E-state index contributed by atoms with van der Waals surface area (Å²) < 4.78 is 63.1. The second kappa shape index (κ2) is 19.8. The van der Waals surface area contributed by atoms with E-state index < -0.39 is 25.8 Å². The standard InChI is InChI=1S/C51H48Cl2N4O11S4/c1-3-5-7-27-21-29(43-45-31-17-19-71(63,64)25-37(31)69-49(45)54-33(47(43)52)23-56-39(58)13-14-40(56)59)9-11-35(27)67-51(62)68-36-12-10-30(22-28(36)8-6-4-2)44-46-32-18-20-72(65,66)26-38(32)70-50(46)55-34(48(44)53)24-57-41(60)15-16-42(57)61/h9-12,21-22H,3-8,13-20,23-26H2,1-2H3. The zero-order valence-corrected chi connectivity index (χ0v) is 44.1. The molecule has 8 heterocycles. The number of fused-ring (bicyclic) bond motifs is 6. The van der Waals surface area contributed by atoms with Crippen LogP contribution in [0.4, 0.5) is 4.79 Å². The molecule has 10 rings (SSSR count). The number of likely N-dealkylation sites (tertiary alicyclic amines) is 2. The maximum Gasteiger partial charge on any atom is 0.519 e. The molecule has 0 atom stereocenters. The Balaban J connectivity index is 1.00. The summed E-state index contributed by atoms with van der Waals surface area (Å²) in [7, 11) is -6.66. The summed E-state index contributed by atoms with van der Waals surface area (Å²) in [4.78, 5) is 79.3. The number of nitrogens with zero attached hydrogens (tertiary/aromatic N) is 4. The third-order valence-electron chi connectivity index (χ3n) is 13.7. The van der Waals surface area contributed by atoms with Gasteiger partial charge in [-0.1, -0.05) is 62.0 Å². The van der Waals surface area contributed by atoms with Crippen LogP contribution in [0, 0.1) is 0 Å². The smallest absolute Gasteiger partial charge is 0.394 e. The third kappa shape index (κ3) is 9.67. The van der Waals surface area contributed by atoms with Crippen molar-refractivity contribution in [3.8, 4) is 33.8 Å². The van der Waals surface area contributed by atoms with Gasteiger partial charge >= 0.3 is 6.16 Å². The number of amides is 4. The van der Waals surface area contributed by atoms with E-state index in [-0.39, 0.29) is 120 Å². The number of thiophene rings is 2. The van der Waals surface area contributed by atoms with Gasteiger partial charge in [0.1, 0.15) is 21.2 Å². The molecule has 72 heavy (non-hydrogen) atoms. The maximum absolute atomic E-state index is 14.0. The highest BCUT2D eigenvalue weighted by Crippen LogP contribution is 2.48. The summed E-state index contributed by atoms with van der Waals surface area (Å²) in [5, 5.41) is 1.89. The van der Waals surface area contributed by atoms with E-state index in [0.29, 0.717) is 87.8 Å². The van der Waals surface area contributed by atoms with E-state index in [1.165, 1.54) is 22.7 Å². The lowest BCUT2D eigenvalue weighted by molar-refractivity contribution is -0.140. The number of carbonyl (C=O) groups is 5. The molecule has 15 nitrogen and oxygen atoms in total. The van der Waals surface area contributed by atoms with Crippen molar-refractivity contribution >= 4 is 116 Å². The van der Waals surface area contributed by atoms with Gasteiger partial charge in [-0.05, 0) is 96.2 Å². The number of ether oxygens (including phenoxy) is 2. The van der Waals surface area contributed by atoms with Crippen LogP contribution in [0.25, 0.3) is 42.7 Å². The lowest BCUT2D eigenvalue weighted by Crippen LogP contribution is -2.29. The number of unbranched alkanes of at least 4 members (excludes halogenated alkanes) is 2. The molecule has 0 aliphatic carbocycles. The molecule has 0 spiro atoms. The lowest BCUT2D eigenvalue weighted by Gasteiger charge is -2.19. The van der Waals surface area contributed by atoms with Gasteiger partial charge in [0.05, 0.1) is 57.5 Å². The first kappa shape index (κ1) is 50.2. The monoisotopic (exact) mass is 1090 g/mol. The van der Waals surface area contributed by atoms with Crippen LogP contribution in [0.3, 0.4) is 0 Å². The Morgan fingerprint density at radius 3 is 1.38 bits per heavy atom. The van der Waals surface area contributed by atoms with Crippen molar-refractivity contribution in [2.75, 3.05) is 11.5 Å². The number of sulfone groups is 2. The molecule has 4 aliphatic rings. The van der Waals surface area contributed by atoms with Crippen molar-refractivity contribution in [1.82, 2.24) is 19.8 Å². The van der Waals surface area contributed by atoms with E-state index in [4.69, 9.17) is 42.6 Å².